The van der Waals surface area contributed by atoms with Gasteiger partial charge in [0.25, 0.3) is 0 Å². The number of carbonyl (C=O) groups is 3. The molecule has 0 radical (unpaired) electrons. The smallest absolute Gasteiger partial charge is 0.325 e. The summed E-state index contributed by atoms with van der Waals surface area (Å²) in [6, 6.07) is 7.13. The highest BCUT2D eigenvalue weighted by Gasteiger charge is 2.32. The van der Waals surface area contributed by atoms with E-state index < -0.39 is 0 Å². The van der Waals surface area contributed by atoms with Crippen molar-refractivity contribution in [3.63, 3.8) is 0 Å². The average molecular weight is 346 g/mol. The first-order valence-corrected chi connectivity index (χ1v) is 8.42. The average Bonchev–Trinajstić information content (AvgIpc) is 2.97. The number of rotatable bonds is 5. The third kappa shape index (κ3) is 3.84. The SMILES string of the molecule is CCOc1ccc(N2CCN(CC(=O)N3CCNC(=O)C3)C2=O)cc1. The molecule has 2 heterocycles. The van der Waals surface area contributed by atoms with Crippen LogP contribution >= 0.6 is 0 Å². The molecular weight excluding hydrogens is 324 g/mol. The highest BCUT2D eigenvalue weighted by atomic mass is 16.5. The van der Waals surface area contributed by atoms with E-state index in [0.29, 0.717) is 32.8 Å². The van der Waals surface area contributed by atoms with Gasteiger partial charge < -0.3 is 19.9 Å². The number of hydrogen-bond donors (Lipinski definition) is 1. The van der Waals surface area contributed by atoms with Crippen molar-refractivity contribution in [1.29, 1.82) is 0 Å². The van der Waals surface area contributed by atoms with Gasteiger partial charge >= 0.3 is 6.03 Å². The molecule has 0 unspecified atom stereocenters. The largest absolute Gasteiger partial charge is 0.494 e. The molecule has 2 saturated heterocycles. The second-order valence-corrected chi connectivity index (χ2v) is 5.95. The van der Waals surface area contributed by atoms with Gasteiger partial charge in [-0.2, -0.15) is 0 Å². The van der Waals surface area contributed by atoms with Crippen LogP contribution in [0.3, 0.4) is 0 Å². The van der Waals surface area contributed by atoms with Crippen LogP contribution in [0.1, 0.15) is 6.92 Å². The van der Waals surface area contributed by atoms with E-state index >= 15 is 0 Å². The first kappa shape index (κ1) is 17.1. The molecular formula is C17H22N4O4. The molecule has 1 aromatic carbocycles. The summed E-state index contributed by atoms with van der Waals surface area (Å²) in [5.41, 5.74) is 0.778. The van der Waals surface area contributed by atoms with Crippen LogP contribution in [0.5, 0.6) is 5.75 Å². The van der Waals surface area contributed by atoms with Crippen LogP contribution in [0.25, 0.3) is 0 Å². The molecule has 2 fully saturated rings. The van der Waals surface area contributed by atoms with Gasteiger partial charge in [0.15, 0.2) is 0 Å². The van der Waals surface area contributed by atoms with Gasteiger partial charge in [-0.3, -0.25) is 14.5 Å². The van der Waals surface area contributed by atoms with E-state index in [0.717, 1.165) is 11.4 Å². The Bertz CT molecular complexity index is 661. The van der Waals surface area contributed by atoms with E-state index in [4.69, 9.17) is 4.74 Å². The number of carbonyl (C=O) groups excluding carboxylic acids is 3. The van der Waals surface area contributed by atoms with Crippen LogP contribution in [0.4, 0.5) is 10.5 Å². The molecule has 0 saturated carbocycles. The van der Waals surface area contributed by atoms with Gasteiger partial charge in [-0.15, -0.1) is 0 Å². The minimum Gasteiger partial charge on any atom is -0.494 e. The van der Waals surface area contributed by atoms with Crippen molar-refractivity contribution >= 4 is 23.5 Å². The maximum Gasteiger partial charge on any atom is 0.325 e. The van der Waals surface area contributed by atoms with Crippen molar-refractivity contribution in [3.8, 4) is 5.75 Å². The zero-order valence-electron chi connectivity index (χ0n) is 14.2. The fourth-order valence-electron chi connectivity index (χ4n) is 2.97. The Kier molecular flexibility index (Phi) is 5.06. The summed E-state index contributed by atoms with van der Waals surface area (Å²) >= 11 is 0. The van der Waals surface area contributed by atoms with Crippen molar-refractivity contribution in [2.24, 2.45) is 0 Å². The van der Waals surface area contributed by atoms with Crippen LogP contribution in [0, 0.1) is 0 Å². The fraction of sp³-hybridized carbons (Fsp3) is 0.471. The van der Waals surface area contributed by atoms with Crippen molar-refractivity contribution in [3.05, 3.63) is 24.3 Å². The molecule has 134 valence electrons. The van der Waals surface area contributed by atoms with Gasteiger partial charge in [0, 0.05) is 31.9 Å². The predicted octanol–water partition coefficient (Wildman–Crippen LogP) is 0.286. The van der Waals surface area contributed by atoms with Crippen LogP contribution < -0.4 is 15.0 Å². The van der Waals surface area contributed by atoms with E-state index in [1.807, 2.05) is 31.2 Å². The Hall–Kier alpha value is -2.77. The van der Waals surface area contributed by atoms with E-state index in [1.54, 1.807) is 4.90 Å². The highest BCUT2D eigenvalue weighted by molar-refractivity contribution is 5.97. The van der Waals surface area contributed by atoms with E-state index in [2.05, 4.69) is 5.32 Å². The summed E-state index contributed by atoms with van der Waals surface area (Å²) in [6.07, 6.45) is 0. The quantitative estimate of drug-likeness (QED) is 0.831. The molecule has 0 aromatic heterocycles. The van der Waals surface area contributed by atoms with Crippen LogP contribution in [0.15, 0.2) is 24.3 Å². The normalized spacial score (nSPS) is 17.7. The van der Waals surface area contributed by atoms with Crippen molar-refractivity contribution in [2.75, 3.05) is 50.8 Å². The Labute approximate surface area is 146 Å². The monoisotopic (exact) mass is 346 g/mol. The minimum atomic E-state index is -0.197. The summed E-state index contributed by atoms with van der Waals surface area (Å²) in [6.45, 7) is 4.51. The summed E-state index contributed by atoms with van der Waals surface area (Å²) in [5, 5.41) is 2.68. The molecule has 0 bridgehead atoms. The number of piperazine rings is 1. The summed E-state index contributed by atoms with van der Waals surface area (Å²) in [7, 11) is 0. The predicted molar refractivity (Wildman–Crippen MR) is 91.5 cm³/mol. The second-order valence-electron chi connectivity index (χ2n) is 5.95. The molecule has 0 aliphatic carbocycles. The van der Waals surface area contributed by atoms with Gasteiger partial charge in [0.05, 0.1) is 13.2 Å². The summed E-state index contributed by atoms with van der Waals surface area (Å²) in [5.74, 6) is 0.397. The van der Waals surface area contributed by atoms with Crippen molar-refractivity contribution < 1.29 is 19.1 Å². The lowest BCUT2D eigenvalue weighted by Gasteiger charge is -2.28. The number of amides is 4. The lowest BCUT2D eigenvalue weighted by molar-refractivity contribution is -0.138. The number of hydrogen-bond acceptors (Lipinski definition) is 4. The third-order valence-electron chi connectivity index (χ3n) is 4.27. The minimum absolute atomic E-state index is 0.000354. The molecule has 8 nitrogen and oxygen atoms in total. The summed E-state index contributed by atoms with van der Waals surface area (Å²) in [4.78, 5) is 40.9. The molecule has 2 aliphatic heterocycles. The maximum atomic E-state index is 12.6. The maximum absolute atomic E-state index is 12.6. The molecule has 4 amide bonds. The Balaban J connectivity index is 1.59. The lowest BCUT2D eigenvalue weighted by Crippen LogP contribution is -2.52. The number of ether oxygens (including phenoxy) is 1. The van der Waals surface area contributed by atoms with Crippen LogP contribution in [-0.2, 0) is 9.59 Å². The van der Waals surface area contributed by atoms with E-state index in [1.165, 1.54) is 9.80 Å². The zero-order valence-corrected chi connectivity index (χ0v) is 14.2. The van der Waals surface area contributed by atoms with Crippen molar-refractivity contribution in [2.45, 2.75) is 6.92 Å². The Morgan fingerprint density at radius 1 is 1.16 bits per heavy atom. The number of anilines is 1. The zero-order chi connectivity index (χ0) is 17.8. The molecule has 1 N–H and O–H groups in total. The van der Waals surface area contributed by atoms with E-state index in [-0.39, 0.29) is 30.9 Å². The Morgan fingerprint density at radius 3 is 2.60 bits per heavy atom. The fourth-order valence-corrected chi connectivity index (χ4v) is 2.97. The standard InChI is InChI=1S/C17H22N4O4/c1-2-25-14-5-3-13(4-6-14)21-10-9-20(17(21)24)12-16(23)19-8-7-18-15(22)11-19/h3-6H,2,7-12H2,1H3,(H,18,22). The van der Waals surface area contributed by atoms with Gasteiger partial charge in [-0.25, -0.2) is 4.79 Å². The number of urea groups is 1. The number of nitrogens with one attached hydrogen (secondary N) is 1. The summed E-state index contributed by atoms with van der Waals surface area (Å²) < 4.78 is 5.40. The topological polar surface area (TPSA) is 82.2 Å². The van der Waals surface area contributed by atoms with Gasteiger partial charge in [-0.05, 0) is 31.2 Å². The van der Waals surface area contributed by atoms with Gasteiger partial charge in [0.2, 0.25) is 11.8 Å². The molecule has 2 aliphatic rings. The first-order chi connectivity index (χ1) is 12.1. The highest BCUT2D eigenvalue weighted by Crippen LogP contribution is 2.23. The number of nitrogens with zero attached hydrogens (tertiary/aromatic N) is 3. The second kappa shape index (κ2) is 7.42. The van der Waals surface area contributed by atoms with Crippen LogP contribution in [-0.4, -0.2) is 73.5 Å². The molecule has 0 atom stereocenters. The molecule has 1 aromatic rings. The first-order valence-electron chi connectivity index (χ1n) is 8.42. The number of benzene rings is 1. The van der Waals surface area contributed by atoms with Crippen molar-refractivity contribution in [1.82, 2.24) is 15.1 Å². The lowest BCUT2D eigenvalue weighted by atomic mass is 10.3. The van der Waals surface area contributed by atoms with E-state index in [9.17, 15) is 14.4 Å². The Morgan fingerprint density at radius 2 is 1.92 bits per heavy atom. The molecule has 8 heteroatoms. The molecule has 25 heavy (non-hydrogen) atoms. The molecule has 0 spiro atoms. The van der Waals surface area contributed by atoms with Gasteiger partial charge in [0.1, 0.15) is 12.3 Å². The van der Waals surface area contributed by atoms with Gasteiger partial charge in [-0.1, -0.05) is 0 Å². The van der Waals surface area contributed by atoms with Crippen LogP contribution in [0.2, 0.25) is 0 Å². The molecule has 3 rings (SSSR count). The third-order valence-corrected chi connectivity index (χ3v) is 4.27.